The first-order chi connectivity index (χ1) is 12.7. The lowest BCUT2D eigenvalue weighted by Gasteiger charge is -2.40. The number of aromatic nitrogens is 2. The standard InChI is InChI=1S/C18H25F3N4O2/c1-3-14-12(9-24(2)23-14)17(27)25-8-7-13(18(19,20)21)15(10-25)22-16(26)11-5-4-6-11/h9,11,13,15H,3-8,10H2,1-2H3,(H,22,26). The molecule has 0 spiro atoms. The molecule has 2 amide bonds. The zero-order valence-corrected chi connectivity index (χ0v) is 15.6. The number of alkyl halides is 3. The van der Waals surface area contributed by atoms with E-state index in [1.807, 2.05) is 6.92 Å². The van der Waals surface area contributed by atoms with Crippen molar-refractivity contribution in [2.75, 3.05) is 13.1 Å². The van der Waals surface area contributed by atoms with Crippen molar-refractivity contribution in [3.8, 4) is 0 Å². The summed E-state index contributed by atoms with van der Waals surface area (Å²) in [7, 11) is 1.70. The van der Waals surface area contributed by atoms with Crippen LogP contribution >= 0.6 is 0 Å². The number of nitrogens with zero attached hydrogens (tertiary/aromatic N) is 3. The predicted octanol–water partition coefficient (Wildman–Crippen LogP) is 2.29. The number of amides is 2. The molecule has 6 nitrogen and oxygen atoms in total. The molecule has 0 aromatic carbocycles. The van der Waals surface area contributed by atoms with Crippen molar-refractivity contribution < 1.29 is 22.8 Å². The van der Waals surface area contributed by atoms with Gasteiger partial charge in [0.2, 0.25) is 5.91 Å². The Balaban J connectivity index is 1.76. The molecule has 2 heterocycles. The smallest absolute Gasteiger partial charge is 0.351 e. The highest BCUT2D eigenvalue weighted by Gasteiger charge is 2.49. The van der Waals surface area contributed by atoms with Crippen molar-refractivity contribution in [1.29, 1.82) is 0 Å². The van der Waals surface area contributed by atoms with Crippen LogP contribution in [0.25, 0.3) is 0 Å². The van der Waals surface area contributed by atoms with Gasteiger partial charge in [-0.3, -0.25) is 14.3 Å². The average Bonchev–Trinajstić information content (AvgIpc) is 2.92. The van der Waals surface area contributed by atoms with Crippen molar-refractivity contribution in [2.24, 2.45) is 18.9 Å². The third-order valence-electron chi connectivity index (χ3n) is 5.59. The van der Waals surface area contributed by atoms with Gasteiger partial charge in [0.05, 0.1) is 23.2 Å². The zero-order valence-electron chi connectivity index (χ0n) is 15.6. The monoisotopic (exact) mass is 386 g/mol. The lowest BCUT2D eigenvalue weighted by Crippen LogP contribution is -2.58. The van der Waals surface area contributed by atoms with E-state index in [1.54, 1.807) is 13.2 Å². The number of carbonyl (C=O) groups is 2. The summed E-state index contributed by atoms with van der Waals surface area (Å²) in [6, 6.07) is -1.11. The van der Waals surface area contributed by atoms with Gasteiger partial charge < -0.3 is 10.2 Å². The third-order valence-corrected chi connectivity index (χ3v) is 5.59. The van der Waals surface area contributed by atoms with Gasteiger partial charge in [-0.05, 0) is 25.7 Å². The number of hydrogen-bond acceptors (Lipinski definition) is 3. The van der Waals surface area contributed by atoms with Crippen LogP contribution < -0.4 is 5.32 Å². The first-order valence-electron chi connectivity index (χ1n) is 9.39. The Morgan fingerprint density at radius 3 is 2.56 bits per heavy atom. The summed E-state index contributed by atoms with van der Waals surface area (Å²) in [6.07, 6.45) is -0.110. The Morgan fingerprint density at radius 2 is 2.00 bits per heavy atom. The molecule has 1 saturated heterocycles. The second-order valence-corrected chi connectivity index (χ2v) is 7.45. The molecule has 1 aromatic heterocycles. The van der Waals surface area contributed by atoms with E-state index in [4.69, 9.17) is 0 Å². The molecule has 1 aliphatic heterocycles. The number of carbonyl (C=O) groups excluding carboxylic acids is 2. The molecule has 2 atom stereocenters. The Hall–Kier alpha value is -2.06. The molecule has 2 unspecified atom stereocenters. The molecule has 1 N–H and O–H groups in total. The number of rotatable bonds is 4. The number of aryl methyl sites for hydroxylation is 2. The summed E-state index contributed by atoms with van der Waals surface area (Å²) in [6.45, 7) is 1.74. The van der Waals surface area contributed by atoms with Crippen LogP contribution in [0.2, 0.25) is 0 Å². The summed E-state index contributed by atoms with van der Waals surface area (Å²) in [5.41, 5.74) is 1.03. The maximum Gasteiger partial charge on any atom is 0.393 e. The second-order valence-electron chi connectivity index (χ2n) is 7.45. The van der Waals surface area contributed by atoms with E-state index < -0.39 is 18.1 Å². The molecule has 27 heavy (non-hydrogen) atoms. The van der Waals surface area contributed by atoms with Gasteiger partial charge >= 0.3 is 6.18 Å². The highest BCUT2D eigenvalue weighted by Crippen LogP contribution is 2.36. The number of halogens is 3. The quantitative estimate of drug-likeness (QED) is 0.864. The predicted molar refractivity (Wildman–Crippen MR) is 91.9 cm³/mol. The fourth-order valence-electron chi connectivity index (χ4n) is 3.79. The van der Waals surface area contributed by atoms with Crippen LogP contribution in [0.4, 0.5) is 13.2 Å². The van der Waals surface area contributed by atoms with E-state index in [9.17, 15) is 22.8 Å². The molecular weight excluding hydrogens is 361 g/mol. The summed E-state index contributed by atoms with van der Waals surface area (Å²) in [4.78, 5) is 26.5. The van der Waals surface area contributed by atoms with E-state index in [2.05, 4.69) is 10.4 Å². The minimum atomic E-state index is -4.41. The molecule has 1 saturated carbocycles. The van der Waals surface area contributed by atoms with E-state index in [1.165, 1.54) is 9.58 Å². The fourth-order valence-corrected chi connectivity index (χ4v) is 3.79. The number of piperidine rings is 1. The van der Waals surface area contributed by atoms with Crippen molar-refractivity contribution >= 4 is 11.8 Å². The van der Waals surface area contributed by atoms with Crippen LogP contribution in [0.15, 0.2) is 6.20 Å². The van der Waals surface area contributed by atoms with Crippen molar-refractivity contribution in [2.45, 2.75) is 51.2 Å². The fraction of sp³-hybridized carbons (Fsp3) is 0.722. The van der Waals surface area contributed by atoms with Crippen LogP contribution in [0, 0.1) is 11.8 Å². The topological polar surface area (TPSA) is 67.2 Å². The van der Waals surface area contributed by atoms with Gasteiger partial charge in [0.1, 0.15) is 0 Å². The summed E-state index contributed by atoms with van der Waals surface area (Å²) < 4.78 is 41.9. The lowest BCUT2D eigenvalue weighted by atomic mass is 9.83. The maximum atomic E-state index is 13.4. The van der Waals surface area contributed by atoms with Gasteiger partial charge in [-0.2, -0.15) is 18.3 Å². The zero-order chi connectivity index (χ0) is 19.8. The Kier molecular flexibility index (Phi) is 5.48. The van der Waals surface area contributed by atoms with E-state index in [0.29, 0.717) is 30.5 Å². The molecule has 2 aliphatic rings. The van der Waals surface area contributed by atoms with Crippen molar-refractivity contribution in [3.63, 3.8) is 0 Å². The van der Waals surface area contributed by atoms with E-state index in [-0.39, 0.29) is 37.2 Å². The van der Waals surface area contributed by atoms with Gasteiger partial charge in [-0.25, -0.2) is 0 Å². The molecule has 1 aromatic rings. The minimum Gasteiger partial charge on any atom is -0.351 e. The van der Waals surface area contributed by atoms with Crippen LogP contribution in [-0.2, 0) is 18.3 Å². The Bertz CT molecular complexity index is 712. The average molecular weight is 386 g/mol. The van der Waals surface area contributed by atoms with Gasteiger partial charge in [0, 0.05) is 32.3 Å². The largest absolute Gasteiger partial charge is 0.393 e. The van der Waals surface area contributed by atoms with Crippen LogP contribution in [-0.4, -0.2) is 51.8 Å². The van der Waals surface area contributed by atoms with E-state index >= 15 is 0 Å². The Labute approximate surface area is 156 Å². The second kappa shape index (κ2) is 7.52. The first kappa shape index (κ1) is 19.7. The highest BCUT2D eigenvalue weighted by atomic mass is 19.4. The minimum absolute atomic E-state index is 0.0108. The SMILES string of the molecule is CCc1nn(C)cc1C(=O)N1CCC(C(F)(F)F)C(NC(=O)C2CCC2)C1. The van der Waals surface area contributed by atoms with E-state index in [0.717, 1.165) is 6.42 Å². The van der Waals surface area contributed by atoms with Gasteiger partial charge in [0.15, 0.2) is 0 Å². The Morgan fingerprint density at radius 1 is 1.30 bits per heavy atom. The maximum absolute atomic E-state index is 13.4. The van der Waals surface area contributed by atoms with Gasteiger partial charge in [-0.15, -0.1) is 0 Å². The number of nitrogens with one attached hydrogen (secondary N) is 1. The van der Waals surface area contributed by atoms with Crippen LogP contribution in [0.1, 0.15) is 48.7 Å². The summed E-state index contributed by atoms with van der Waals surface area (Å²) >= 11 is 0. The van der Waals surface area contributed by atoms with Crippen molar-refractivity contribution in [3.05, 3.63) is 17.5 Å². The number of likely N-dealkylation sites (tertiary alicyclic amines) is 1. The lowest BCUT2D eigenvalue weighted by molar-refractivity contribution is -0.191. The molecule has 0 radical (unpaired) electrons. The third kappa shape index (κ3) is 4.11. The molecule has 1 aliphatic carbocycles. The normalized spacial score (nSPS) is 23.8. The van der Waals surface area contributed by atoms with Gasteiger partial charge in [0.25, 0.3) is 5.91 Å². The number of hydrogen-bond donors (Lipinski definition) is 1. The molecule has 150 valence electrons. The van der Waals surface area contributed by atoms with Gasteiger partial charge in [-0.1, -0.05) is 13.3 Å². The van der Waals surface area contributed by atoms with Crippen LogP contribution in [0.3, 0.4) is 0 Å². The highest BCUT2D eigenvalue weighted by molar-refractivity contribution is 5.95. The molecule has 2 fully saturated rings. The summed E-state index contributed by atoms with van der Waals surface area (Å²) in [5, 5.41) is 6.80. The molecular formula is C18H25F3N4O2. The summed E-state index contributed by atoms with van der Waals surface area (Å²) in [5.74, 6) is -2.49. The molecule has 0 bridgehead atoms. The molecule has 3 rings (SSSR count). The molecule has 9 heteroatoms. The van der Waals surface area contributed by atoms with Crippen molar-refractivity contribution in [1.82, 2.24) is 20.0 Å². The first-order valence-corrected chi connectivity index (χ1v) is 9.39. The van der Waals surface area contributed by atoms with Crippen LogP contribution in [0.5, 0.6) is 0 Å².